The maximum absolute atomic E-state index is 13.2. The second kappa shape index (κ2) is 13.3. The first-order valence-electron chi connectivity index (χ1n) is 13.3. The van der Waals surface area contributed by atoms with Crippen LogP contribution in [0, 0.1) is 0 Å². The van der Waals surface area contributed by atoms with Gasteiger partial charge in [0.05, 0.1) is 18.8 Å². The molecular formula is C29H36O10. The number of benzene rings is 2. The summed E-state index contributed by atoms with van der Waals surface area (Å²) < 4.78 is 22.4. The largest absolute Gasteiger partial charge is 0.507 e. The van der Waals surface area contributed by atoms with Crippen molar-refractivity contribution in [2.45, 2.75) is 76.2 Å². The van der Waals surface area contributed by atoms with E-state index in [1.807, 2.05) is 0 Å². The van der Waals surface area contributed by atoms with Crippen molar-refractivity contribution in [3.8, 4) is 28.4 Å². The van der Waals surface area contributed by atoms with Crippen molar-refractivity contribution in [1.82, 2.24) is 0 Å². The zero-order valence-electron chi connectivity index (χ0n) is 21.9. The minimum atomic E-state index is -1.56. The Morgan fingerprint density at radius 2 is 1.62 bits per heavy atom. The van der Waals surface area contributed by atoms with Crippen LogP contribution >= 0.6 is 0 Å². The first-order valence-corrected chi connectivity index (χ1v) is 13.3. The molecule has 1 aliphatic rings. The Bertz CT molecular complexity index is 1270. The fourth-order valence-corrected chi connectivity index (χ4v) is 4.57. The number of ether oxygens (including phenoxy) is 3. The third kappa shape index (κ3) is 6.71. The number of hydrogen-bond donors (Lipinski definition) is 5. The highest BCUT2D eigenvalue weighted by atomic mass is 16.7. The zero-order valence-corrected chi connectivity index (χ0v) is 21.9. The van der Waals surface area contributed by atoms with Gasteiger partial charge in [-0.2, -0.15) is 0 Å². The Balaban J connectivity index is 1.44. The second-order valence-electron chi connectivity index (χ2n) is 9.75. The van der Waals surface area contributed by atoms with Crippen LogP contribution in [0.3, 0.4) is 0 Å². The summed E-state index contributed by atoms with van der Waals surface area (Å²) in [4.78, 5) is 13.2. The van der Waals surface area contributed by atoms with Gasteiger partial charge in [-0.3, -0.25) is 4.79 Å². The molecule has 5 atom stereocenters. The number of unbranched alkanes of at least 4 members (excludes halogenated alkanes) is 5. The predicted octanol–water partition coefficient (Wildman–Crippen LogP) is 3.08. The number of fused-ring (bicyclic) bond motifs is 1. The lowest BCUT2D eigenvalue weighted by Crippen LogP contribution is -2.60. The van der Waals surface area contributed by atoms with Gasteiger partial charge in [-0.1, -0.05) is 51.2 Å². The van der Waals surface area contributed by atoms with Crippen molar-refractivity contribution < 1.29 is 44.2 Å². The Morgan fingerprint density at radius 1 is 0.897 bits per heavy atom. The van der Waals surface area contributed by atoms with Crippen molar-refractivity contribution >= 4 is 11.0 Å². The van der Waals surface area contributed by atoms with E-state index in [1.54, 1.807) is 18.2 Å². The monoisotopic (exact) mass is 544 g/mol. The molecule has 1 aromatic heterocycles. The van der Waals surface area contributed by atoms with Gasteiger partial charge >= 0.3 is 0 Å². The molecule has 10 nitrogen and oxygen atoms in total. The molecule has 1 aliphatic heterocycles. The Kier molecular flexibility index (Phi) is 9.82. The third-order valence-corrected chi connectivity index (χ3v) is 6.86. The third-order valence-electron chi connectivity index (χ3n) is 6.86. The van der Waals surface area contributed by atoms with Crippen LogP contribution in [0.5, 0.6) is 17.2 Å². The molecule has 0 saturated carbocycles. The molecule has 2 aromatic carbocycles. The summed E-state index contributed by atoms with van der Waals surface area (Å²) >= 11 is 0. The topological polar surface area (TPSA) is 159 Å². The molecule has 212 valence electrons. The van der Waals surface area contributed by atoms with E-state index in [0.29, 0.717) is 17.9 Å². The zero-order chi connectivity index (χ0) is 27.9. The number of hydrogen-bond acceptors (Lipinski definition) is 10. The Morgan fingerprint density at radius 3 is 2.33 bits per heavy atom. The van der Waals surface area contributed by atoms with Gasteiger partial charge in [-0.15, -0.1) is 0 Å². The summed E-state index contributed by atoms with van der Waals surface area (Å²) in [6.45, 7) is 2.12. The number of aliphatic hydroxyl groups is 4. The lowest BCUT2D eigenvalue weighted by atomic mass is 9.99. The molecule has 2 heterocycles. The number of rotatable bonds is 12. The Labute approximate surface area is 226 Å². The van der Waals surface area contributed by atoms with E-state index in [0.717, 1.165) is 12.8 Å². The van der Waals surface area contributed by atoms with Crippen LogP contribution in [0.2, 0.25) is 0 Å². The molecule has 4 rings (SSSR count). The number of phenolic OH excluding ortho intramolecular Hbond substituents is 1. The van der Waals surface area contributed by atoms with Crippen molar-refractivity contribution in [2.75, 3.05) is 13.2 Å². The van der Waals surface area contributed by atoms with E-state index in [9.17, 15) is 30.3 Å². The maximum Gasteiger partial charge on any atom is 0.229 e. The van der Waals surface area contributed by atoms with Crippen LogP contribution in [-0.2, 0) is 4.74 Å². The van der Waals surface area contributed by atoms with Crippen molar-refractivity contribution in [3.63, 3.8) is 0 Å². The minimum absolute atomic E-state index is 0.0426. The van der Waals surface area contributed by atoms with Crippen LogP contribution in [-0.4, -0.2) is 69.5 Å². The summed E-state index contributed by atoms with van der Waals surface area (Å²) in [5.41, 5.74) is 0.510. The van der Waals surface area contributed by atoms with Crippen LogP contribution in [0.4, 0.5) is 0 Å². The van der Waals surface area contributed by atoms with E-state index < -0.39 is 42.7 Å². The molecule has 0 radical (unpaired) electrons. The summed E-state index contributed by atoms with van der Waals surface area (Å²) in [5.74, 6) is 0.450. The summed E-state index contributed by atoms with van der Waals surface area (Å²) in [7, 11) is 0. The summed E-state index contributed by atoms with van der Waals surface area (Å²) in [6.07, 6.45) is 1.10. The lowest BCUT2D eigenvalue weighted by molar-refractivity contribution is -0.277. The molecule has 39 heavy (non-hydrogen) atoms. The van der Waals surface area contributed by atoms with Gasteiger partial charge in [-0.25, -0.2) is 0 Å². The van der Waals surface area contributed by atoms with E-state index in [-0.39, 0.29) is 28.0 Å². The van der Waals surface area contributed by atoms with Crippen molar-refractivity contribution in [3.05, 3.63) is 52.9 Å². The molecule has 0 bridgehead atoms. The molecule has 0 unspecified atom stereocenters. The fourth-order valence-electron chi connectivity index (χ4n) is 4.57. The molecule has 10 heteroatoms. The van der Waals surface area contributed by atoms with E-state index in [1.165, 1.54) is 50.1 Å². The first kappa shape index (κ1) is 28.8. The van der Waals surface area contributed by atoms with Gasteiger partial charge in [0.25, 0.3) is 0 Å². The van der Waals surface area contributed by atoms with Crippen molar-refractivity contribution in [2.24, 2.45) is 0 Å². The first-order chi connectivity index (χ1) is 18.8. The fraction of sp³-hybridized carbons (Fsp3) is 0.483. The molecule has 0 aliphatic carbocycles. The average molecular weight is 545 g/mol. The quantitative estimate of drug-likeness (QED) is 0.215. The van der Waals surface area contributed by atoms with Crippen LogP contribution in [0.25, 0.3) is 22.1 Å². The lowest BCUT2D eigenvalue weighted by Gasteiger charge is -2.39. The SMILES string of the molecule is CCCCCCCCOc1cc(O)c2c(=O)c(-c3ccc(O[C@H]4O[C@@H](CO)[C@H](O)[C@@H](O)[C@@H]4O)cc3)coc2c1. The molecule has 0 amide bonds. The highest BCUT2D eigenvalue weighted by molar-refractivity contribution is 5.88. The maximum atomic E-state index is 13.2. The number of phenols is 1. The molecule has 1 fully saturated rings. The standard InChI is InChI=1S/C29H36O10/c1-2-3-4-5-6-7-12-36-19-13-21(31)24-22(14-19)37-16-20(25(24)32)17-8-10-18(11-9-17)38-29-28(35)27(34)26(33)23(15-30)39-29/h8-11,13-14,16,23,26-31,33-35H,2-7,12,15H2,1H3/t23-,26-,27+,28-,29-/m0/s1. The van der Waals surface area contributed by atoms with Gasteiger partial charge in [0.15, 0.2) is 0 Å². The predicted molar refractivity (Wildman–Crippen MR) is 143 cm³/mol. The van der Waals surface area contributed by atoms with E-state index in [4.69, 9.17) is 18.6 Å². The van der Waals surface area contributed by atoms with Gasteiger partial charge in [0.1, 0.15) is 58.9 Å². The number of aromatic hydroxyl groups is 1. The summed E-state index contributed by atoms with van der Waals surface area (Å²) in [5, 5.41) is 50.0. The van der Waals surface area contributed by atoms with Gasteiger partial charge in [0, 0.05) is 12.1 Å². The van der Waals surface area contributed by atoms with E-state index >= 15 is 0 Å². The Hall–Kier alpha value is -3.15. The highest BCUT2D eigenvalue weighted by Gasteiger charge is 2.44. The molecule has 5 N–H and O–H groups in total. The van der Waals surface area contributed by atoms with Gasteiger partial charge in [-0.05, 0) is 24.1 Å². The summed E-state index contributed by atoms with van der Waals surface area (Å²) in [6, 6.07) is 9.24. The van der Waals surface area contributed by atoms with Crippen LogP contribution < -0.4 is 14.9 Å². The van der Waals surface area contributed by atoms with Crippen molar-refractivity contribution in [1.29, 1.82) is 0 Å². The molecular weight excluding hydrogens is 508 g/mol. The van der Waals surface area contributed by atoms with Gasteiger partial charge < -0.3 is 44.2 Å². The van der Waals surface area contributed by atoms with Crippen LogP contribution in [0.1, 0.15) is 45.4 Å². The van der Waals surface area contributed by atoms with Gasteiger partial charge in [0.2, 0.25) is 11.7 Å². The molecule has 3 aromatic rings. The average Bonchev–Trinajstić information content (AvgIpc) is 2.93. The smallest absolute Gasteiger partial charge is 0.229 e. The minimum Gasteiger partial charge on any atom is -0.507 e. The normalized spacial score (nSPS) is 23.2. The van der Waals surface area contributed by atoms with Crippen LogP contribution in [0.15, 0.2) is 51.9 Å². The molecule has 1 saturated heterocycles. The number of aliphatic hydroxyl groups excluding tert-OH is 4. The second-order valence-corrected chi connectivity index (χ2v) is 9.75. The highest BCUT2D eigenvalue weighted by Crippen LogP contribution is 2.31. The molecule has 0 spiro atoms. The van der Waals surface area contributed by atoms with E-state index in [2.05, 4.69) is 6.92 Å².